The van der Waals surface area contributed by atoms with Gasteiger partial charge in [0, 0.05) is 25.6 Å². The van der Waals surface area contributed by atoms with Crippen LogP contribution in [0.25, 0.3) is 11.5 Å². The molecule has 0 aliphatic carbocycles. The number of halogens is 2. The van der Waals surface area contributed by atoms with Crippen LogP contribution in [0.3, 0.4) is 0 Å². The lowest BCUT2D eigenvalue weighted by Crippen LogP contribution is -2.16. The van der Waals surface area contributed by atoms with Crippen LogP contribution >= 0.6 is 11.3 Å². The van der Waals surface area contributed by atoms with Crippen molar-refractivity contribution in [1.29, 1.82) is 0 Å². The topological polar surface area (TPSA) is 48.9 Å². The molecule has 26 heavy (non-hydrogen) atoms. The molecule has 0 N–H and O–H groups in total. The monoisotopic (exact) mass is 380 g/mol. The summed E-state index contributed by atoms with van der Waals surface area (Å²) in [5.41, 5.74) is 1.59. The molecule has 5 nitrogen and oxygen atoms in total. The fourth-order valence-corrected chi connectivity index (χ4v) is 3.37. The largest absolute Gasteiger partial charge is 0.463 e. The van der Waals surface area contributed by atoms with Gasteiger partial charge >= 0.3 is 6.61 Å². The van der Waals surface area contributed by atoms with Crippen LogP contribution in [0.1, 0.15) is 6.42 Å². The maximum Gasteiger partial charge on any atom is 0.387 e. The fourth-order valence-electron chi connectivity index (χ4n) is 2.44. The van der Waals surface area contributed by atoms with Gasteiger partial charge in [0.2, 0.25) is 0 Å². The Morgan fingerprint density at radius 1 is 1.23 bits per heavy atom. The Hall–Kier alpha value is -2.45. The number of furan rings is 1. The molecule has 138 valence electrons. The van der Waals surface area contributed by atoms with E-state index in [0.717, 1.165) is 29.2 Å². The van der Waals surface area contributed by atoms with Crippen LogP contribution in [-0.4, -0.2) is 24.9 Å². The molecule has 0 aliphatic rings. The van der Waals surface area contributed by atoms with Crippen LogP contribution in [0.4, 0.5) is 14.5 Å². The molecule has 3 rings (SSSR count). The highest BCUT2D eigenvalue weighted by Gasteiger charge is 2.10. The molecule has 1 aromatic carbocycles. The molecule has 0 saturated carbocycles. The third kappa shape index (κ3) is 4.59. The Balaban J connectivity index is 1.91. The van der Waals surface area contributed by atoms with Gasteiger partial charge in [-0.25, -0.2) is 4.99 Å². The first-order chi connectivity index (χ1) is 12.7. The molecule has 0 radical (unpaired) electrons. The van der Waals surface area contributed by atoms with Gasteiger partial charge in [-0.1, -0.05) is 0 Å². The van der Waals surface area contributed by atoms with Crippen molar-refractivity contribution in [2.45, 2.75) is 19.6 Å². The summed E-state index contributed by atoms with van der Waals surface area (Å²) in [6.45, 7) is -1.48. The van der Waals surface area contributed by atoms with E-state index in [-0.39, 0.29) is 5.75 Å². The van der Waals surface area contributed by atoms with Gasteiger partial charge in [-0.15, -0.1) is 11.3 Å². The van der Waals surface area contributed by atoms with Crippen molar-refractivity contribution in [2.75, 3.05) is 13.7 Å². The number of hydrogen-bond acceptors (Lipinski definition) is 5. The van der Waals surface area contributed by atoms with Crippen molar-refractivity contribution in [2.24, 2.45) is 4.99 Å². The second-order valence-electron chi connectivity index (χ2n) is 5.36. The molecule has 0 saturated heterocycles. The van der Waals surface area contributed by atoms with Crippen LogP contribution in [-0.2, 0) is 11.3 Å². The molecule has 0 atom stereocenters. The van der Waals surface area contributed by atoms with Crippen molar-refractivity contribution in [1.82, 2.24) is 4.57 Å². The van der Waals surface area contributed by atoms with Gasteiger partial charge in [-0.2, -0.15) is 8.78 Å². The highest BCUT2D eigenvalue weighted by molar-refractivity contribution is 7.07. The first-order valence-electron chi connectivity index (χ1n) is 7.98. The van der Waals surface area contributed by atoms with Gasteiger partial charge in [0.1, 0.15) is 5.75 Å². The second kappa shape index (κ2) is 8.77. The van der Waals surface area contributed by atoms with Crippen LogP contribution in [0, 0.1) is 0 Å². The van der Waals surface area contributed by atoms with E-state index in [1.807, 2.05) is 17.5 Å². The third-order valence-corrected chi connectivity index (χ3v) is 4.45. The lowest BCUT2D eigenvalue weighted by atomic mass is 10.3. The predicted octanol–water partition coefficient (Wildman–Crippen LogP) is 4.68. The SMILES string of the molecule is COCCCn1c(-c2ccco2)csc1=Nc1ccc(OC(F)F)cc1. The number of benzene rings is 1. The molecule has 8 heteroatoms. The van der Waals surface area contributed by atoms with Crippen molar-refractivity contribution in [3.05, 3.63) is 52.8 Å². The normalized spacial score (nSPS) is 12.1. The van der Waals surface area contributed by atoms with E-state index in [1.54, 1.807) is 25.5 Å². The van der Waals surface area contributed by atoms with Crippen molar-refractivity contribution in [3.63, 3.8) is 0 Å². The number of alkyl halides is 2. The summed E-state index contributed by atoms with van der Waals surface area (Å²) in [7, 11) is 1.67. The summed E-state index contributed by atoms with van der Waals surface area (Å²) in [5, 5.41) is 1.98. The molecule has 0 fully saturated rings. The Morgan fingerprint density at radius 2 is 2.04 bits per heavy atom. The first kappa shape index (κ1) is 18.3. The zero-order valence-electron chi connectivity index (χ0n) is 14.1. The Bertz CT molecular complexity index is 871. The van der Waals surface area contributed by atoms with E-state index in [0.29, 0.717) is 12.3 Å². The van der Waals surface area contributed by atoms with Gasteiger partial charge in [0.15, 0.2) is 10.6 Å². The molecular weight excluding hydrogens is 362 g/mol. The lowest BCUT2D eigenvalue weighted by Gasteiger charge is -2.07. The molecular formula is C18H18F2N2O3S. The van der Waals surface area contributed by atoms with Crippen molar-refractivity contribution >= 4 is 17.0 Å². The summed E-state index contributed by atoms with van der Waals surface area (Å²) in [6, 6.07) is 9.97. The molecule has 0 spiro atoms. The zero-order chi connectivity index (χ0) is 18.4. The number of hydrogen-bond donors (Lipinski definition) is 0. The Kier molecular flexibility index (Phi) is 6.19. The van der Waals surface area contributed by atoms with Crippen LogP contribution in [0.15, 0.2) is 57.5 Å². The lowest BCUT2D eigenvalue weighted by molar-refractivity contribution is -0.0498. The summed E-state index contributed by atoms with van der Waals surface area (Å²) >= 11 is 1.49. The van der Waals surface area contributed by atoms with E-state index < -0.39 is 6.61 Å². The Morgan fingerprint density at radius 3 is 2.69 bits per heavy atom. The van der Waals surface area contributed by atoms with Crippen LogP contribution in [0.5, 0.6) is 5.75 Å². The third-order valence-electron chi connectivity index (χ3n) is 3.59. The molecule has 3 aromatic rings. The molecule has 0 bridgehead atoms. The van der Waals surface area contributed by atoms with Gasteiger partial charge < -0.3 is 18.5 Å². The van der Waals surface area contributed by atoms with Gasteiger partial charge in [-0.05, 0) is 42.8 Å². The highest BCUT2D eigenvalue weighted by atomic mass is 32.1. The summed E-state index contributed by atoms with van der Waals surface area (Å²) in [5.74, 6) is 0.871. The van der Waals surface area contributed by atoms with Gasteiger partial charge in [0.05, 0.1) is 17.6 Å². The molecule has 0 aliphatic heterocycles. The Labute approximate surface area is 153 Å². The maximum absolute atomic E-state index is 12.2. The fraction of sp³-hybridized carbons (Fsp3) is 0.278. The van der Waals surface area contributed by atoms with Gasteiger partial charge in [-0.3, -0.25) is 0 Å². The highest BCUT2D eigenvalue weighted by Crippen LogP contribution is 2.23. The number of aromatic nitrogens is 1. The van der Waals surface area contributed by atoms with Gasteiger partial charge in [0.25, 0.3) is 0 Å². The summed E-state index contributed by atoms with van der Waals surface area (Å²) in [6.07, 6.45) is 2.46. The minimum atomic E-state index is -2.84. The minimum absolute atomic E-state index is 0.106. The van der Waals surface area contributed by atoms with Crippen LogP contribution < -0.4 is 9.54 Å². The average molecular weight is 380 g/mol. The number of nitrogens with zero attached hydrogens (tertiary/aromatic N) is 2. The molecule has 0 amide bonds. The van der Waals surface area contributed by atoms with E-state index in [4.69, 9.17) is 9.15 Å². The zero-order valence-corrected chi connectivity index (χ0v) is 14.9. The molecule has 2 heterocycles. The summed E-state index contributed by atoms with van der Waals surface area (Å²) < 4.78 is 41.5. The smallest absolute Gasteiger partial charge is 0.387 e. The van der Waals surface area contributed by atoms with Crippen molar-refractivity contribution in [3.8, 4) is 17.2 Å². The van der Waals surface area contributed by atoms with E-state index >= 15 is 0 Å². The predicted molar refractivity (Wildman–Crippen MR) is 94.8 cm³/mol. The number of thiazole rings is 1. The first-order valence-corrected chi connectivity index (χ1v) is 8.86. The van der Waals surface area contributed by atoms with E-state index in [9.17, 15) is 8.78 Å². The van der Waals surface area contributed by atoms with Crippen LogP contribution in [0.2, 0.25) is 0 Å². The minimum Gasteiger partial charge on any atom is -0.463 e. The number of rotatable bonds is 8. The van der Waals surface area contributed by atoms with Crippen molar-refractivity contribution < 1.29 is 22.7 Å². The average Bonchev–Trinajstić information content (AvgIpc) is 3.27. The number of ether oxygens (including phenoxy) is 2. The number of methoxy groups -OCH3 is 1. The maximum atomic E-state index is 12.2. The molecule has 2 aromatic heterocycles. The van der Waals surface area contributed by atoms with E-state index in [1.165, 1.54) is 23.5 Å². The van der Waals surface area contributed by atoms with E-state index in [2.05, 4.69) is 14.3 Å². The standard InChI is InChI=1S/C18H18F2N2O3S/c1-23-10-3-9-22-15(16-4-2-11-24-16)12-26-18(22)21-13-5-7-14(8-6-13)25-17(19)20/h2,4-8,11-12,17H,3,9-10H2,1H3. The quantitative estimate of drug-likeness (QED) is 0.533. The summed E-state index contributed by atoms with van der Waals surface area (Å²) in [4.78, 5) is 5.41. The second-order valence-corrected chi connectivity index (χ2v) is 6.20. The molecule has 0 unspecified atom stereocenters.